The van der Waals surface area contributed by atoms with Gasteiger partial charge in [-0.3, -0.25) is 0 Å². The van der Waals surface area contributed by atoms with Crippen molar-refractivity contribution in [2.75, 3.05) is 23.4 Å². The van der Waals surface area contributed by atoms with Crippen LogP contribution >= 0.6 is 11.8 Å². The van der Waals surface area contributed by atoms with E-state index < -0.39 is 20.2 Å². The van der Waals surface area contributed by atoms with E-state index in [-0.39, 0.29) is 5.69 Å². The average molecular weight is 325 g/mol. The van der Waals surface area contributed by atoms with Crippen molar-refractivity contribution < 1.29 is 21.6 Å². The summed E-state index contributed by atoms with van der Waals surface area (Å²) in [5, 5.41) is 2.84. The number of para-hydroxylation sites is 1. The van der Waals surface area contributed by atoms with Gasteiger partial charge in [0.05, 0.1) is 10.6 Å². The molecule has 0 saturated carbocycles. The van der Waals surface area contributed by atoms with Gasteiger partial charge in [-0.2, -0.15) is 24.9 Å². The number of anilines is 1. The van der Waals surface area contributed by atoms with Crippen LogP contribution in [0.15, 0.2) is 29.2 Å². The quantitative estimate of drug-likeness (QED) is 0.924. The smallest absolute Gasteiger partial charge is 0.384 e. The third kappa shape index (κ3) is 3.22. The summed E-state index contributed by atoms with van der Waals surface area (Å²) >= 11 is 1.79. The van der Waals surface area contributed by atoms with Crippen LogP contribution < -0.4 is 5.32 Å². The predicted octanol–water partition coefficient (Wildman–Crippen LogP) is 3.15. The van der Waals surface area contributed by atoms with Crippen LogP contribution in [0.5, 0.6) is 0 Å². The molecule has 2 rings (SSSR count). The molecule has 112 valence electrons. The average Bonchev–Trinajstić information content (AvgIpc) is 2.88. The van der Waals surface area contributed by atoms with Crippen LogP contribution in [0.1, 0.15) is 6.42 Å². The molecule has 0 radical (unpaired) electrons. The summed E-state index contributed by atoms with van der Waals surface area (Å²) in [7, 11) is -5.32. The molecule has 1 saturated heterocycles. The Morgan fingerprint density at radius 1 is 1.30 bits per heavy atom. The third-order valence-electron chi connectivity index (χ3n) is 3.09. The second-order valence-electron chi connectivity index (χ2n) is 4.56. The van der Waals surface area contributed by atoms with Gasteiger partial charge in [0, 0.05) is 6.54 Å². The molecule has 20 heavy (non-hydrogen) atoms. The molecule has 0 aromatic heterocycles. The van der Waals surface area contributed by atoms with Crippen LogP contribution in [0.25, 0.3) is 0 Å². The Balaban J connectivity index is 2.22. The van der Waals surface area contributed by atoms with E-state index >= 15 is 0 Å². The van der Waals surface area contributed by atoms with Gasteiger partial charge in [0.2, 0.25) is 0 Å². The van der Waals surface area contributed by atoms with Crippen LogP contribution in [0.3, 0.4) is 0 Å². The van der Waals surface area contributed by atoms with Gasteiger partial charge in [-0.05, 0) is 36.0 Å². The summed E-state index contributed by atoms with van der Waals surface area (Å²) in [6.07, 6.45) is 0.992. The highest BCUT2D eigenvalue weighted by Crippen LogP contribution is 2.34. The molecule has 1 aromatic carbocycles. The lowest BCUT2D eigenvalue weighted by molar-refractivity contribution is -0.0435. The molecule has 0 amide bonds. The summed E-state index contributed by atoms with van der Waals surface area (Å²) < 4.78 is 60.9. The van der Waals surface area contributed by atoms with E-state index in [1.165, 1.54) is 18.2 Å². The van der Waals surface area contributed by atoms with Crippen LogP contribution in [0, 0.1) is 5.92 Å². The number of nitrogens with one attached hydrogen (secondary N) is 1. The van der Waals surface area contributed by atoms with Crippen molar-refractivity contribution in [2.45, 2.75) is 16.8 Å². The standard InChI is InChI=1S/C12H14F3NO2S2/c13-12(14,15)20(17,18)11-4-2-1-3-10(11)16-7-9-5-6-19-8-9/h1-4,9,16H,5-8H2. The molecule has 0 bridgehead atoms. The van der Waals surface area contributed by atoms with E-state index in [1.54, 1.807) is 11.8 Å². The summed E-state index contributed by atoms with van der Waals surface area (Å²) in [5.41, 5.74) is -5.27. The molecule has 1 unspecified atom stereocenters. The van der Waals surface area contributed by atoms with E-state index in [9.17, 15) is 21.6 Å². The molecular weight excluding hydrogens is 311 g/mol. The SMILES string of the molecule is O=S(=O)(c1ccccc1NCC1CCSC1)C(F)(F)F. The van der Waals surface area contributed by atoms with Gasteiger partial charge in [0.15, 0.2) is 0 Å². The monoisotopic (exact) mass is 325 g/mol. The first-order chi connectivity index (χ1) is 9.32. The first kappa shape index (κ1) is 15.5. The molecule has 0 aliphatic carbocycles. The van der Waals surface area contributed by atoms with E-state index in [4.69, 9.17) is 0 Å². The molecule has 1 fully saturated rings. The van der Waals surface area contributed by atoms with Crippen molar-refractivity contribution in [3.63, 3.8) is 0 Å². The first-order valence-electron chi connectivity index (χ1n) is 6.04. The number of benzene rings is 1. The zero-order valence-corrected chi connectivity index (χ0v) is 12.1. The minimum atomic E-state index is -5.32. The van der Waals surface area contributed by atoms with Crippen LogP contribution in [0.2, 0.25) is 0 Å². The molecule has 1 atom stereocenters. The molecule has 1 heterocycles. The molecule has 8 heteroatoms. The minimum Gasteiger partial charge on any atom is -0.384 e. The number of hydrogen-bond donors (Lipinski definition) is 1. The second-order valence-corrected chi connectivity index (χ2v) is 7.62. The van der Waals surface area contributed by atoms with Crippen molar-refractivity contribution >= 4 is 27.3 Å². The number of hydrogen-bond acceptors (Lipinski definition) is 4. The van der Waals surface area contributed by atoms with Gasteiger partial charge in [-0.25, -0.2) is 8.42 Å². The number of sulfone groups is 1. The maximum absolute atomic E-state index is 12.6. The second kappa shape index (κ2) is 5.85. The van der Waals surface area contributed by atoms with E-state index in [0.717, 1.165) is 24.0 Å². The van der Waals surface area contributed by atoms with Crippen LogP contribution in [-0.4, -0.2) is 32.0 Å². The third-order valence-corrected chi connectivity index (χ3v) is 5.86. The fraction of sp³-hybridized carbons (Fsp3) is 0.500. The predicted molar refractivity (Wildman–Crippen MR) is 73.6 cm³/mol. The fourth-order valence-corrected chi connectivity index (χ4v) is 4.19. The number of alkyl halides is 3. The van der Waals surface area contributed by atoms with Gasteiger partial charge >= 0.3 is 5.51 Å². The van der Waals surface area contributed by atoms with E-state index in [1.807, 2.05) is 0 Å². The summed E-state index contributed by atoms with van der Waals surface area (Å²) in [5.74, 6) is 2.34. The van der Waals surface area contributed by atoms with Gasteiger partial charge in [0.25, 0.3) is 9.84 Å². The van der Waals surface area contributed by atoms with Gasteiger partial charge in [0.1, 0.15) is 0 Å². The zero-order chi connectivity index (χ0) is 14.8. The first-order valence-corrected chi connectivity index (χ1v) is 8.68. The van der Waals surface area contributed by atoms with E-state index in [2.05, 4.69) is 5.32 Å². The van der Waals surface area contributed by atoms with Crippen molar-refractivity contribution in [3.8, 4) is 0 Å². The van der Waals surface area contributed by atoms with Gasteiger partial charge < -0.3 is 5.32 Å². The van der Waals surface area contributed by atoms with Gasteiger partial charge in [-0.15, -0.1) is 0 Å². The summed E-state index contributed by atoms with van der Waals surface area (Å²) in [6.45, 7) is 0.484. The zero-order valence-electron chi connectivity index (χ0n) is 10.5. The largest absolute Gasteiger partial charge is 0.501 e. The van der Waals surface area contributed by atoms with Crippen LogP contribution in [0.4, 0.5) is 18.9 Å². The molecular formula is C12H14F3NO2S2. The lowest BCUT2D eigenvalue weighted by Gasteiger charge is -2.16. The summed E-state index contributed by atoms with van der Waals surface area (Å²) in [4.78, 5) is -0.710. The van der Waals surface area contributed by atoms with Crippen LogP contribution in [-0.2, 0) is 9.84 Å². The number of thioether (sulfide) groups is 1. The normalized spacial score (nSPS) is 20.1. The Bertz CT molecular complexity index is 566. The highest BCUT2D eigenvalue weighted by atomic mass is 32.2. The van der Waals surface area contributed by atoms with Crippen molar-refractivity contribution in [1.82, 2.24) is 0 Å². The molecule has 1 N–H and O–H groups in total. The molecule has 1 aliphatic heterocycles. The lowest BCUT2D eigenvalue weighted by atomic mass is 10.1. The number of halogens is 3. The van der Waals surface area contributed by atoms with E-state index in [0.29, 0.717) is 12.5 Å². The highest BCUT2D eigenvalue weighted by molar-refractivity contribution is 7.99. The Kier molecular flexibility index (Phi) is 4.53. The Morgan fingerprint density at radius 3 is 2.60 bits per heavy atom. The van der Waals surface area contributed by atoms with Gasteiger partial charge in [-0.1, -0.05) is 12.1 Å². The Labute approximate surface area is 119 Å². The minimum absolute atomic E-state index is 0.0155. The number of rotatable bonds is 4. The summed E-state index contributed by atoms with van der Waals surface area (Å²) in [6, 6.07) is 5.14. The molecule has 1 aromatic rings. The molecule has 3 nitrogen and oxygen atoms in total. The highest BCUT2D eigenvalue weighted by Gasteiger charge is 2.47. The molecule has 1 aliphatic rings. The fourth-order valence-electron chi connectivity index (χ4n) is 1.97. The Morgan fingerprint density at radius 2 is 2.00 bits per heavy atom. The lowest BCUT2D eigenvalue weighted by Crippen LogP contribution is -2.25. The van der Waals surface area contributed by atoms with Crippen molar-refractivity contribution in [3.05, 3.63) is 24.3 Å². The Hall–Kier alpha value is -0.890. The maximum Gasteiger partial charge on any atom is 0.501 e. The topological polar surface area (TPSA) is 46.2 Å². The van der Waals surface area contributed by atoms with Crippen molar-refractivity contribution in [1.29, 1.82) is 0 Å². The molecule has 0 spiro atoms. The van der Waals surface area contributed by atoms with Crippen molar-refractivity contribution in [2.24, 2.45) is 5.92 Å². The maximum atomic E-state index is 12.6.